The maximum Gasteiger partial charge on any atom is 0.269 e. The smallest absolute Gasteiger partial charge is 0.269 e. The number of carbonyl (C=O) groups is 2. The molecule has 0 aromatic heterocycles. The van der Waals surface area contributed by atoms with Crippen molar-refractivity contribution in [3.63, 3.8) is 0 Å². The fourth-order valence-electron chi connectivity index (χ4n) is 2.03. The molecule has 0 radical (unpaired) electrons. The Morgan fingerprint density at radius 3 is 2.60 bits per heavy atom. The summed E-state index contributed by atoms with van der Waals surface area (Å²) in [5, 5.41) is 10.6. The predicted molar refractivity (Wildman–Crippen MR) is 75.4 cm³/mol. The Labute approximate surface area is 120 Å². The van der Waals surface area contributed by atoms with Gasteiger partial charge in [-0.15, -0.1) is 11.8 Å². The number of carbonyl (C=O) groups excluding carboxylic acids is 2. The molecule has 1 saturated heterocycles. The molecular weight excluding hydrogens is 280 g/mol. The maximum absolute atomic E-state index is 11.9. The van der Waals surface area contributed by atoms with Crippen molar-refractivity contribution in [3.8, 4) is 0 Å². The van der Waals surface area contributed by atoms with E-state index in [0.29, 0.717) is 12.0 Å². The number of β-lactam (4-membered cyclic amide) rings is 1. The summed E-state index contributed by atoms with van der Waals surface area (Å²) >= 11 is 1.55. The number of nitro benzene ring substituents is 1. The van der Waals surface area contributed by atoms with E-state index in [2.05, 4.69) is 0 Å². The molecule has 7 heteroatoms. The molecule has 0 spiro atoms. The van der Waals surface area contributed by atoms with E-state index < -0.39 is 4.92 Å². The van der Waals surface area contributed by atoms with Gasteiger partial charge >= 0.3 is 0 Å². The average Bonchev–Trinajstić information content (AvgIpc) is 2.42. The fraction of sp³-hybridized carbons (Fsp3) is 0.385. The number of non-ortho nitro benzene ring substituents is 1. The SMILES string of the molecule is CSC1CC(=O)N1CC(=O)Cc1ccc([N+](=O)[O-])cc1. The third kappa shape index (κ3) is 3.16. The van der Waals surface area contributed by atoms with Crippen molar-refractivity contribution in [1.29, 1.82) is 0 Å². The van der Waals surface area contributed by atoms with Crippen molar-refractivity contribution < 1.29 is 14.5 Å². The Morgan fingerprint density at radius 2 is 2.10 bits per heavy atom. The first-order valence-electron chi connectivity index (χ1n) is 6.08. The van der Waals surface area contributed by atoms with Crippen LogP contribution in [0.2, 0.25) is 0 Å². The molecule has 1 atom stereocenters. The molecule has 0 aliphatic carbocycles. The lowest BCUT2D eigenvalue weighted by molar-refractivity contribution is -0.384. The average molecular weight is 294 g/mol. The van der Waals surface area contributed by atoms with E-state index >= 15 is 0 Å². The largest absolute Gasteiger partial charge is 0.323 e. The van der Waals surface area contributed by atoms with E-state index in [4.69, 9.17) is 0 Å². The van der Waals surface area contributed by atoms with Gasteiger partial charge in [-0.3, -0.25) is 19.7 Å². The summed E-state index contributed by atoms with van der Waals surface area (Å²) in [7, 11) is 0. The van der Waals surface area contributed by atoms with Gasteiger partial charge in [0, 0.05) is 18.6 Å². The molecule has 1 heterocycles. The van der Waals surface area contributed by atoms with Gasteiger partial charge in [-0.2, -0.15) is 0 Å². The number of likely N-dealkylation sites (tertiary alicyclic amines) is 1. The molecule has 0 bridgehead atoms. The van der Waals surface area contributed by atoms with Crippen molar-refractivity contribution in [1.82, 2.24) is 4.90 Å². The second kappa shape index (κ2) is 6.04. The zero-order valence-electron chi connectivity index (χ0n) is 10.9. The number of ketones is 1. The van der Waals surface area contributed by atoms with Crippen LogP contribution in [0.25, 0.3) is 0 Å². The Hall–Kier alpha value is -1.89. The van der Waals surface area contributed by atoms with Crippen molar-refractivity contribution in [2.45, 2.75) is 18.2 Å². The maximum atomic E-state index is 11.9. The number of nitrogens with zero attached hydrogens (tertiary/aromatic N) is 2. The highest BCUT2D eigenvalue weighted by atomic mass is 32.2. The van der Waals surface area contributed by atoms with Gasteiger partial charge in [0.15, 0.2) is 5.78 Å². The molecule has 1 amide bonds. The molecule has 1 aromatic rings. The molecule has 0 saturated carbocycles. The van der Waals surface area contributed by atoms with Gasteiger partial charge < -0.3 is 4.90 Å². The fourth-order valence-corrected chi connectivity index (χ4v) is 2.79. The third-order valence-corrected chi connectivity index (χ3v) is 4.15. The van der Waals surface area contributed by atoms with E-state index in [9.17, 15) is 19.7 Å². The first-order chi connectivity index (χ1) is 9.51. The number of rotatable bonds is 6. The second-order valence-electron chi connectivity index (χ2n) is 4.56. The molecule has 1 unspecified atom stereocenters. The Balaban J connectivity index is 1.91. The van der Waals surface area contributed by atoms with E-state index in [0.717, 1.165) is 0 Å². The minimum atomic E-state index is -0.479. The highest BCUT2D eigenvalue weighted by Gasteiger charge is 2.36. The summed E-state index contributed by atoms with van der Waals surface area (Å²) in [6, 6.07) is 5.89. The van der Waals surface area contributed by atoms with Crippen LogP contribution in [-0.4, -0.2) is 39.7 Å². The summed E-state index contributed by atoms with van der Waals surface area (Å²) in [4.78, 5) is 34.9. The molecule has 1 aliphatic heterocycles. The van der Waals surface area contributed by atoms with E-state index in [-0.39, 0.29) is 35.7 Å². The standard InChI is InChI=1S/C13H14N2O4S/c1-20-13-7-12(17)14(13)8-11(16)6-9-2-4-10(5-3-9)15(18)19/h2-5,13H,6-8H2,1H3. The first-order valence-corrected chi connectivity index (χ1v) is 7.37. The topological polar surface area (TPSA) is 80.5 Å². The van der Waals surface area contributed by atoms with Gasteiger partial charge in [-0.1, -0.05) is 12.1 Å². The minimum absolute atomic E-state index is 0.00130. The van der Waals surface area contributed by atoms with Crippen LogP contribution in [0.1, 0.15) is 12.0 Å². The summed E-state index contributed by atoms with van der Waals surface area (Å²) in [5.41, 5.74) is 0.718. The zero-order valence-corrected chi connectivity index (χ0v) is 11.8. The Morgan fingerprint density at radius 1 is 1.45 bits per heavy atom. The normalized spacial score (nSPS) is 17.8. The van der Waals surface area contributed by atoms with Crippen LogP contribution in [0.4, 0.5) is 5.69 Å². The summed E-state index contributed by atoms with van der Waals surface area (Å²) in [5.74, 6) is -0.0626. The number of thioether (sulfide) groups is 1. The summed E-state index contributed by atoms with van der Waals surface area (Å²) in [6.07, 6.45) is 2.58. The quantitative estimate of drug-likeness (QED) is 0.452. The Kier molecular flexibility index (Phi) is 4.39. The molecule has 1 aromatic carbocycles. The molecule has 20 heavy (non-hydrogen) atoms. The van der Waals surface area contributed by atoms with Crippen LogP contribution < -0.4 is 0 Å². The minimum Gasteiger partial charge on any atom is -0.323 e. The van der Waals surface area contributed by atoms with Crippen molar-refractivity contribution >= 4 is 29.1 Å². The lowest BCUT2D eigenvalue weighted by atomic mass is 10.1. The lowest BCUT2D eigenvalue weighted by Crippen LogP contribution is -2.52. The van der Waals surface area contributed by atoms with Crippen LogP contribution >= 0.6 is 11.8 Å². The van der Waals surface area contributed by atoms with Gasteiger partial charge in [-0.05, 0) is 11.8 Å². The number of hydrogen-bond donors (Lipinski definition) is 0. The van der Waals surface area contributed by atoms with Crippen LogP contribution in [0.15, 0.2) is 24.3 Å². The van der Waals surface area contributed by atoms with Gasteiger partial charge in [-0.25, -0.2) is 0 Å². The molecule has 2 rings (SSSR count). The van der Waals surface area contributed by atoms with Crippen molar-refractivity contribution in [2.24, 2.45) is 0 Å². The monoisotopic (exact) mass is 294 g/mol. The number of benzene rings is 1. The number of amides is 1. The number of nitro groups is 1. The van der Waals surface area contributed by atoms with Gasteiger partial charge in [0.1, 0.15) is 0 Å². The number of hydrogen-bond acceptors (Lipinski definition) is 5. The molecule has 0 N–H and O–H groups in total. The van der Waals surface area contributed by atoms with Crippen molar-refractivity contribution in [2.75, 3.05) is 12.8 Å². The molecule has 6 nitrogen and oxygen atoms in total. The van der Waals surface area contributed by atoms with Crippen LogP contribution in [0, 0.1) is 10.1 Å². The van der Waals surface area contributed by atoms with Gasteiger partial charge in [0.2, 0.25) is 5.91 Å². The van der Waals surface area contributed by atoms with Crippen LogP contribution in [-0.2, 0) is 16.0 Å². The van der Waals surface area contributed by atoms with Crippen LogP contribution in [0.3, 0.4) is 0 Å². The molecule has 1 aliphatic rings. The van der Waals surface area contributed by atoms with Crippen molar-refractivity contribution in [3.05, 3.63) is 39.9 Å². The molecule has 1 fully saturated rings. The second-order valence-corrected chi connectivity index (χ2v) is 5.57. The first kappa shape index (κ1) is 14.5. The third-order valence-electron chi connectivity index (χ3n) is 3.18. The molecular formula is C13H14N2O4S. The summed E-state index contributed by atoms with van der Waals surface area (Å²) < 4.78 is 0. The van der Waals surface area contributed by atoms with Gasteiger partial charge in [0.25, 0.3) is 5.69 Å². The van der Waals surface area contributed by atoms with Gasteiger partial charge in [0.05, 0.1) is 23.3 Å². The highest BCUT2D eigenvalue weighted by molar-refractivity contribution is 7.99. The van der Waals surface area contributed by atoms with Crippen LogP contribution in [0.5, 0.6) is 0 Å². The van der Waals surface area contributed by atoms with E-state index in [1.54, 1.807) is 28.8 Å². The van der Waals surface area contributed by atoms with E-state index in [1.807, 2.05) is 6.26 Å². The predicted octanol–water partition coefficient (Wildman–Crippen LogP) is 1.63. The lowest BCUT2D eigenvalue weighted by Gasteiger charge is -2.38. The number of Topliss-reactive ketones (excluding diaryl/α,β-unsaturated/α-hetero) is 1. The summed E-state index contributed by atoms with van der Waals surface area (Å²) in [6.45, 7) is 0.112. The van der Waals surface area contributed by atoms with E-state index in [1.165, 1.54) is 12.1 Å². The Bertz CT molecular complexity index is 544. The zero-order chi connectivity index (χ0) is 14.7. The highest BCUT2D eigenvalue weighted by Crippen LogP contribution is 2.27. The molecule has 106 valence electrons.